The number of ether oxygens (including phenoxy) is 2. The Morgan fingerprint density at radius 1 is 1.06 bits per heavy atom. The first kappa shape index (κ1) is 41.2. The molecule has 54 heavy (non-hydrogen) atoms. The number of fused-ring (bicyclic) bond motifs is 1. The van der Waals surface area contributed by atoms with Gasteiger partial charge in [-0.3, -0.25) is 19.2 Å². The number of likely N-dealkylation sites (tertiary alicyclic amines) is 1. The third-order valence-corrected chi connectivity index (χ3v) is 12.4. The third-order valence-electron chi connectivity index (χ3n) is 11.6. The number of carbonyl (C=O) groups is 4. The van der Waals surface area contributed by atoms with E-state index in [1.165, 1.54) is 4.90 Å². The molecule has 0 aromatic heterocycles. The molecule has 5 rings (SSSR count). The number of likely N-dealkylation sites (N-methyl/N-ethyl adjacent to an activating group) is 1. The number of esters is 1. The number of aliphatic hydroxyl groups excluding tert-OH is 1. The van der Waals surface area contributed by atoms with Crippen LogP contribution in [0.15, 0.2) is 79.9 Å². The van der Waals surface area contributed by atoms with E-state index in [9.17, 15) is 19.5 Å². The molecule has 2 aromatic rings. The Labute approximate surface area is 328 Å². The van der Waals surface area contributed by atoms with E-state index in [4.69, 9.17) is 9.47 Å². The Balaban J connectivity index is 1.53. The number of aliphatic hydroxyl groups is 1. The van der Waals surface area contributed by atoms with E-state index in [-0.39, 0.29) is 36.2 Å². The lowest BCUT2D eigenvalue weighted by atomic mass is 9.70. The van der Waals surface area contributed by atoms with Crippen molar-refractivity contribution < 1.29 is 33.8 Å². The number of carbonyl (C=O) groups excluding carboxylic acids is 4. The lowest BCUT2D eigenvalue weighted by Gasteiger charge is -2.39. The summed E-state index contributed by atoms with van der Waals surface area (Å²) >= 11 is 3.76. The van der Waals surface area contributed by atoms with Gasteiger partial charge in [0.25, 0.3) is 5.91 Å². The second kappa shape index (κ2) is 17.6. The molecule has 1 N–H and O–H groups in total. The van der Waals surface area contributed by atoms with Gasteiger partial charge in [-0.15, -0.1) is 13.2 Å². The Morgan fingerprint density at radius 2 is 1.70 bits per heavy atom. The van der Waals surface area contributed by atoms with Crippen molar-refractivity contribution in [2.45, 2.75) is 94.1 Å². The number of allylic oxidation sites excluding steroid dienone is 1. The summed E-state index contributed by atoms with van der Waals surface area (Å²) in [5.41, 5.74) is 0.979. The zero-order valence-corrected chi connectivity index (χ0v) is 33.7. The van der Waals surface area contributed by atoms with Crippen molar-refractivity contribution in [1.29, 1.82) is 0 Å². The third kappa shape index (κ3) is 7.49. The molecule has 3 heterocycles. The van der Waals surface area contributed by atoms with Gasteiger partial charge in [-0.25, -0.2) is 0 Å². The van der Waals surface area contributed by atoms with Crippen LogP contribution in [0.4, 0.5) is 11.4 Å². The molecule has 3 amide bonds. The number of rotatable bonds is 18. The molecule has 3 aliphatic heterocycles. The standard InChI is InChI=1S/C42H55BrN4O7/c1-8-13-19-33(49)44(7)27(6)36(28-17-15-14-16-18-28)53-41(52)34-35-39(50)47(29(10-3)26-48)38(42(35)25-32(43)37(34)54-42)40(51)46(24-9-2)31-22-20-30(21-23-31)45(11-4)12-5/h8-9,14-18,20-23,27,29,32,34-38,48H,1-2,10-13,19,24-26H2,3-7H3/t27-,29-,32?,34+,35-,36+,37+,38+,42-/m0/s1. The molecule has 0 saturated carbocycles. The van der Waals surface area contributed by atoms with Crippen LogP contribution in [0.1, 0.15) is 65.0 Å². The molecule has 3 saturated heterocycles. The van der Waals surface area contributed by atoms with E-state index in [2.05, 4.69) is 47.8 Å². The highest BCUT2D eigenvalue weighted by Crippen LogP contribution is 2.61. The molecule has 9 atom stereocenters. The van der Waals surface area contributed by atoms with Gasteiger partial charge >= 0.3 is 5.97 Å². The van der Waals surface area contributed by atoms with Crippen molar-refractivity contribution in [2.75, 3.05) is 43.1 Å². The molecule has 12 heteroatoms. The van der Waals surface area contributed by atoms with Crippen LogP contribution in [0.25, 0.3) is 0 Å². The minimum absolute atomic E-state index is 0.119. The molecule has 2 aromatic carbocycles. The Hall–Kier alpha value is -4.00. The summed E-state index contributed by atoms with van der Waals surface area (Å²) in [7, 11) is 1.69. The number of halogens is 1. The number of anilines is 2. The van der Waals surface area contributed by atoms with Crippen LogP contribution < -0.4 is 9.80 Å². The van der Waals surface area contributed by atoms with Gasteiger partial charge in [0.1, 0.15) is 17.7 Å². The predicted octanol–water partition coefficient (Wildman–Crippen LogP) is 5.67. The van der Waals surface area contributed by atoms with Gasteiger partial charge in [-0.05, 0) is 69.9 Å². The average Bonchev–Trinajstić information content (AvgIpc) is 3.79. The SMILES string of the molecule is C=CCCC(=O)N(C)[C@@H](C)[C@@H](OC(=O)[C@H]1[C@@H]2O[C@@]3(CC2Br)[C@@H]1C(=O)N([C@@H](CC)CO)[C@@H]3C(=O)N(CC=C)c1ccc(N(CC)CC)cc1)c1ccccc1. The van der Waals surface area contributed by atoms with Gasteiger partial charge in [0.2, 0.25) is 11.8 Å². The topological polar surface area (TPSA) is 120 Å². The van der Waals surface area contributed by atoms with Gasteiger partial charge < -0.3 is 34.2 Å². The van der Waals surface area contributed by atoms with Crippen molar-refractivity contribution in [3.63, 3.8) is 0 Å². The number of amides is 3. The fraction of sp³-hybridized carbons (Fsp3) is 0.524. The molecule has 2 bridgehead atoms. The highest BCUT2D eigenvalue weighted by Gasteiger charge is 2.77. The molecule has 0 radical (unpaired) electrons. The maximum Gasteiger partial charge on any atom is 0.313 e. The van der Waals surface area contributed by atoms with Crippen LogP contribution in [0.2, 0.25) is 0 Å². The van der Waals surface area contributed by atoms with Crippen molar-refractivity contribution in [2.24, 2.45) is 11.8 Å². The molecule has 3 aliphatic rings. The summed E-state index contributed by atoms with van der Waals surface area (Å²) in [6.07, 6.45) is 3.18. The van der Waals surface area contributed by atoms with Crippen LogP contribution in [0, 0.1) is 11.8 Å². The van der Waals surface area contributed by atoms with Crippen molar-refractivity contribution in [3.05, 3.63) is 85.5 Å². The van der Waals surface area contributed by atoms with Crippen LogP contribution in [0.5, 0.6) is 0 Å². The first-order valence-electron chi connectivity index (χ1n) is 19.1. The van der Waals surface area contributed by atoms with E-state index < -0.39 is 59.6 Å². The molecule has 292 valence electrons. The van der Waals surface area contributed by atoms with E-state index >= 15 is 4.79 Å². The van der Waals surface area contributed by atoms with Crippen molar-refractivity contribution >= 4 is 51.0 Å². The number of benzene rings is 2. The van der Waals surface area contributed by atoms with Gasteiger partial charge in [-0.2, -0.15) is 0 Å². The second-order valence-electron chi connectivity index (χ2n) is 14.4. The number of hydrogen-bond acceptors (Lipinski definition) is 8. The summed E-state index contributed by atoms with van der Waals surface area (Å²) in [5.74, 6) is -3.64. The predicted molar refractivity (Wildman–Crippen MR) is 213 cm³/mol. The van der Waals surface area contributed by atoms with Crippen molar-refractivity contribution in [1.82, 2.24) is 9.80 Å². The molecule has 0 aliphatic carbocycles. The summed E-state index contributed by atoms with van der Waals surface area (Å²) in [4.78, 5) is 64.1. The van der Waals surface area contributed by atoms with Crippen LogP contribution >= 0.6 is 15.9 Å². The van der Waals surface area contributed by atoms with Crippen LogP contribution in [-0.2, 0) is 28.7 Å². The molecule has 1 spiro atoms. The minimum Gasteiger partial charge on any atom is -0.455 e. The Morgan fingerprint density at radius 3 is 2.28 bits per heavy atom. The maximum absolute atomic E-state index is 15.1. The monoisotopic (exact) mass is 806 g/mol. The van der Waals surface area contributed by atoms with E-state index in [0.717, 1.165) is 18.8 Å². The lowest BCUT2D eigenvalue weighted by molar-refractivity contribution is -0.165. The van der Waals surface area contributed by atoms with Crippen molar-refractivity contribution in [3.8, 4) is 0 Å². The highest BCUT2D eigenvalue weighted by molar-refractivity contribution is 9.09. The number of nitrogens with zero attached hydrogens (tertiary/aromatic N) is 4. The largest absolute Gasteiger partial charge is 0.455 e. The first-order valence-corrected chi connectivity index (χ1v) is 20.0. The molecule has 11 nitrogen and oxygen atoms in total. The maximum atomic E-state index is 15.1. The molecular weight excluding hydrogens is 752 g/mol. The van der Waals surface area contributed by atoms with Gasteiger partial charge in [0.05, 0.1) is 36.6 Å². The van der Waals surface area contributed by atoms with Crippen LogP contribution in [0.3, 0.4) is 0 Å². The quantitative estimate of drug-likeness (QED) is 0.116. The average molecular weight is 808 g/mol. The molecule has 1 unspecified atom stereocenters. The van der Waals surface area contributed by atoms with Crippen LogP contribution in [-0.4, -0.2) is 107 Å². The summed E-state index contributed by atoms with van der Waals surface area (Å²) in [6.45, 7) is 17.0. The summed E-state index contributed by atoms with van der Waals surface area (Å²) in [6, 6.07) is 14.6. The molecular formula is C42H55BrN4O7. The second-order valence-corrected chi connectivity index (χ2v) is 15.6. The number of alkyl halides is 1. The van der Waals surface area contributed by atoms with E-state index in [1.807, 2.05) is 68.4 Å². The smallest absolute Gasteiger partial charge is 0.313 e. The summed E-state index contributed by atoms with van der Waals surface area (Å²) in [5, 5.41) is 10.6. The first-order chi connectivity index (χ1) is 25.9. The molecule has 3 fully saturated rings. The van der Waals surface area contributed by atoms with E-state index in [0.29, 0.717) is 30.5 Å². The van der Waals surface area contributed by atoms with Gasteiger partial charge in [0.15, 0.2) is 0 Å². The lowest BCUT2D eigenvalue weighted by Crippen LogP contribution is -2.59. The van der Waals surface area contributed by atoms with Gasteiger partial charge in [0, 0.05) is 49.3 Å². The fourth-order valence-electron chi connectivity index (χ4n) is 8.58. The Bertz CT molecular complexity index is 1670. The van der Waals surface area contributed by atoms with E-state index in [1.54, 1.807) is 29.0 Å². The number of hydrogen-bond donors (Lipinski definition) is 1. The normalized spacial score (nSPS) is 25.7. The zero-order valence-electron chi connectivity index (χ0n) is 32.1. The fourth-order valence-corrected chi connectivity index (χ4v) is 9.52. The zero-order chi connectivity index (χ0) is 39.3. The summed E-state index contributed by atoms with van der Waals surface area (Å²) < 4.78 is 13.2. The van der Waals surface area contributed by atoms with Gasteiger partial charge in [-0.1, -0.05) is 65.3 Å². The highest BCUT2D eigenvalue weighted by atomic mass is 79.9. The minimum atomic E-state index is -1.37. The Kier molecular flexibility index (Phi) is 13.4.